The largest absolute Gasteiger partial charge is 0.393 e. The Bertz CT molecular complexity index is 1620. The molecular formula is C24H24FN10O3S-. The lowest BCUT2D eigenvalue weighted by atomic mass is 10.0. The molecule has 39 heavy (non-hydrogen) atoms. The fourth-order valence-electron chi connectivity index (χ4n) is 3.62. The van der Waals surface area contributed by atoms with E-state index in [9.17, 15) is 17.4 Å². The first-order valence-corrected chi connectivity index (χ1v) is 13.0. The summed E-state index contributed by atoms with van der Waals surface area (Å²) in [5.41, 5.74) is 10.7. The van der Waals surface area contributed by atoms with Crippen molar-refractivity contribution in [2.24, 2.45) is 15.3 Å². The molecule has 0 spiro atoms. The Morgan fingerprint density at radius 1 is 1.05 bits per heavy atom. The molecule has 202 valence electrons. The van der Waals surface area contributed by atoms with Crippen molar-refractivity contribution in [3.05, 3.63) is 65.0 Å². The lowest BCUT2D eigenvalue weighted by Gasteiger charge is -2.16. The molecule has 1 aliphatic carbocycles. The van der Waals surface area contributed by atoms with Gasteiger partial charge in [0.25, 0.3) is 10.1 Å². The first kappa shape index (κ1) is 27.4. The smallest absolute Gasteiger partial charge is 0.277 e. The van der Waals surface area contributed by atoms with Gasteiger partial charge in [-0.05, 0) is 43.8 Å². The number of anilines is 3. The summed E-state index contributed by atoms with van der Waals surface area (Å²) >= 11 is 0. The predicted octanol–water partition coefficient (Wildman–Crippen LogP) is 6.59. The number of fused-ring (bicyclic) bond motifs is 1. The third-order valence-electron chi connectivity index (χ3n) is 5.76. The first-order chi connectivity index (χ1) is 18.6. The zero-order chi connectivity index (χ0) is 28.2. The maximum Gasteiger partial charge on any atom is 0.277 e. The minimum Gasteiger partial charge on any atom is -0.393 e. The van der Waals surface area contributed by atoms with Crippen molar-refractivity contribution < 1.29 is 17.4 Å². The van der Waals surface area contributed by atoms with E-state index in [-0.39, 0.29) is 11.9 Å². The van der Waals surface area contributed by atoms with Gasteiger partial charge in [0, 0.05) is 29.8 Å². The molecule has 1 unspecified atom stereocenters. The maximum atomic E-state index is 13.7. The van der Waals surface area contributed by atoms with Crippen molar-refractivity contribution in [2.75, 3.05) is 24.2 Å². The molecule has 0 bridgehead atoms. The van der Waals surface area contributed by atoms with Crippen LogP contribution in [0.4, 0.5) is 44.7 Å². The highest BCUT2D eigenvalue weighted by molar-refractivity contribution is 7.87. The molecule has 1 heterocycles. The van der Waals surface area contributed by atoms with Crippen molar-refractivity contribution in [2.45, 2.75) is 18.6 Å². The Kier molecular flexibility index (Phi) is 7.73. The SMILES string of the molecule is CC[N-]c1nc(F)nc(Nc2ccc(N=Nc3ccc(N=N)c4c3C=CC(C)(S(=O)(=O)O)C=C4)c(NC)c2)n1. The van der Waals surface area contributed by atoms with Crippen LogP contribution in [0.1, 0.15) is 25.0 Å². The van der Waals surface area contributed by atoms with Crippen LogP contribution in [0.3, 0.4) is 0 Å². The van der Waals surface area contributed by atoms with Crippen LogP contribution < -0.4 is 10.6 Å². The van der Waals surface area contributed by atoms with Crippen LogP contribution >= 0.6 is 0 Å². The van der Waals surface area contributed by atoms with E-state index in [1.54, 1.807) is 44.3 Å². The summed E-state index contributed by atoms with van der Waals surface area (Å²) in [5, 5.41) is 22.1. The second kappa shape index (κ2) is 11.0. The second-order valence-corrected chi connectivity index (χ2v) is 10.2. The van der Waals surface area contributed by atoms with Crippen molar-refractivity contribution >= 4 is 62.6 Å². The Balaban J connectivity index is 1.66. The number of aromatic nitrogens is 3. The Morgan fingerprint density at radius 2 is 1.69 bits per heavy atom. The molecule has 0 saturated heterocycles. The van der Waals surface area contributed by atoms with Crippen molar-refractivity contribution in [3.63, 3.8) is 0 Å². The number of benzene rings is 2. The summed E-state index contributed by atoms with van der Waals surface area (Å²) < 4.78 is 45.7. The topological polar surface area (TPSA) is 192 Å². The fraction of sp³-hybridized carbons (Fsp3) is 0.208. The highest BCUT2D eigenvalue weighted by Crippen LogP contribution is 2.39. The molecule has 0 fully saturated rings. The van der Waals surface area contributed by atoms with Crippen LogP contribution in [0.2, 0.25) is 0 Å². The summed E-state index contributed by atoms with van der Waals surface area (Å²) in [4.78, 5) is 11.2. The van der Waals surface area contributed by atoms with E-state index in [2.05, 4.69) is 46.2 Å². The van der Waals surface area contributed by atoms with Gasteiger partial charge in [-0.2, -0.15) is 22.9 Å². The van der Waals surface area contributed by atoms with Crippen LogP contribution in [0, 0.1) is 11.6 Å². The summed E-state index contributed by atoms with van der Waals surface area (Å²) in [7, 11) is -2.76. The van der Waals surface area contributed by atoms with E-state index in [0.29, 0.717) is 46.1 Å². The summed E-state index contributed by atoms with van der Waals surface area (Å²) in [5.74, 6) is -0.0265. The van der Waals surface area contributed by atoms with Crippen LogP contribution in [0.15, 0.2) is 57.8 Å². The zero-order valence-electron chi connectivity index (χ0n) is 21.1. The van der Waals surface area contributed by atoms with Crippen LogP contribution in [-0.2, 0) is 10.1 Å². The van der Waals surface area contributed by atoms with Gasteiger partial charge in [0.2, 0.25) is 6.08 Å². The first-order valence-electron chi connectivity index (χ1n) is 11.6. The van der Waals surface area contributed by atoms with E-state index < -0.39 is 20.9 Å². The molecule has 0 radical (unpaired) electrons. The molecule has 1 aromatic heterocycles. The average Bonchev–Trinajstić information content (AvgIpc) is 3.08. The lowest BCUT2D eigenvalue weighted by molar-refractivity contribution is 0.466. The average molecular weight is 552 g/mol. The number of azo groups is 1. The van der Waals surface area contributed by atoms with Crippen LogP contribution in [0.5, 0.6) is 0 Å². The second-order valence-electron chi connectivity index (χ2n) is 8.38. The minimum absolute atomic E-state index is 0.00884. The number of hydrogen-bond acceptors (Lipinski definition) is 11. The van der Waals surface area contributed by atoms with Crippen molar-refractivity contribution in [1.29, 1.82) is 5.53 Å². The molecular weight excluding hydrogens is 527 g/mol. The maximum absolute atomic E-state index is 13.7. The van der Waals surface area contributed by atoms with E-state index in [4.69, 9.17) is 5.53 Å². The zero-order valence-corrected chi connectivity index (χ0v) is 21.9. The van der Waals surface area contributed by atoms with Gasteiger partial charge in [-0.1, -0.05) is 31.2 Å². The number of nitrogens with zero attached hydrogens (tertiary/aromatic N) is 7. The molecule has 4 N–H and O–H groups in total. The number of rotatable bonds is 9. The molecule has 1 aliphatic rings. The van der Waals surface area contributed by atoms with Gasteiger partial charge in [0.1, 0.15) is 10.4 Å². The standard InChI is InChI=1S/C24H24FN10O3S/c1-4-28-22-30-21(25)31-23(32-22)29-14-5-6-19(20(13-14)27-3)35-34-18-8-7-17(33-26)15-9-11-24(2,39(36,37)38)12-10-16(15)18/h5-13,26-27H,4H2,1-3H3,(H2-,28,29,30,31,32,36,37,38)/q-1. The molecule has 0 amide bonds. The highest BCUT2D eigenvalue weighted by Gasteiger charge is 2.34. The van der Waals surface area contributed by atoms with Gasteiger partial charge < -0.3 is 25.9 Å². The quantitative estimate of drug-likeness (QED) is 0.169. The third kappa shape index (κ3) is 5.94. The van der Waals surface area contributed by atoms with Crippen LogP contribution in [-0.4, -0.2) is 46.3 Å². The highest BCUT2D eigenvalue weighted by atomic mass is 32.2. The molecule has 15 heteroatoms. The van der Waals surface area contributed by atoms with Gasteiger partial charge in [-0.15, -0.1) is 10.2 Å². The summed E-state index contributed by atoms with van der Waals surface area (Å²) in [6.07, 6.45) is 4.69. The Morgan fingerprint density at radius 3 is 2.33 bits per heavy atom. The van der Waals surface area contributed by atoms with E-state index >= 15 is 0 Å². The Labute approximate surface area is 223 Å². The predicted molar refractivity (Wildman–Crippen MR) is 146 cm³/mol. The van der Waals surface area contributed by atoms with Gasteiger partial charge in [0.05, 0.1) is 17.1 Å². The van der Waals surface area contributed by atoms with Crippen LogP contribution in [0.25, 0.3) is 17.5 Å². The lowest BCUT2D eigenvalue weighted by Crippen LogP contribution is -2.29. The molecule has 0 saturated carbocycles. The molecule has 2 aromatic carbocycles. The van der Waals surface area contributed by atoms with E-state index in [1.165, 1.54) is 31.2 Å². The van der Waals surface area contributed by atoms with Gasteiger partial charge >= 0.3 is 0 Å². The molecule has 13 nitrogen and oxygen atoms in total. The number of halogens is 1. The minimum atomic E-state index is -4.46. The van der Waals surface area contributed by atoms with Gasteiger partial charge in [0.15, 0.2) is 5.95 Å². The summed E-state index contributed by atoms with van der Waals surface area (Å²) in [6, 6.07) is 8.22. The van der Waals surface area contributed by atoms with Gasteiger partial charge in [-0.3, -0.25) is 4.55 Å². The monoisotopic (exact) mass is 551 g/mol. The number of hydrogen-bond donors (Lipinski definition) is 4. The van der Waals surface area contributed by atoms with Crippen molar-refractivity contribution in [3.8, 4) is 0 Å². The Hall–Kier alpha value is -4.63. The molecule has 0 aliphatic heterocycles. The molecule has 4 rings (SSSR count). The normalized spacial score (nSPS) is 16.5. The van der Waals surface area contributed by atoms with Crippen molar-refractivity contribution in [1.82, 2.24) is 15.0 Å². The van der Waals surface area contributed by atoms with E-state index in [0.717, 1.165) is 0 Å². The molecule has 3 aromatic rings. The summed E-state index contributed by atoms with van der Waals surface area (Å²) in [6.45, 7) is 3.52. The van der Waals surface area contributed by atoms with Gasteiger partial charge in [-0.25, -0.2) is 5.53 Å². The van der Waals surface area contributed by atoms with E-state index in [1.807, 2.05) is 0 Å². The fourth-order valence-corrected chi connectivity index (χ4v) is 4.10. The number of nitrogens with one attached hydrogen (secondary N) is 3. The molecule has 1 atom stereocenters. The third-order valence-corrected chi connectivity index (χ3v) is 7.15.